The Morgan fingerprint density at radius 1 is 0.683 bits per heavy atom. The van der Waals surface area contributed by atoms with E-state index in [0.29, 0.717) is 27.1 Å². The van der Waals surface area contributed by atoms with Crippen molar-refractivity contribution in [2.45, 2.75) is 106 Å². The maximum atomic E-state index is 9.65. The predicted molar refractivity (Wildman–Crippen MR) is 247 cm³/mol. The number of nitrogens with zero attached hydrogens (tertiary/aromatic N) is 4. The molecule has 0 aliphatic carbocycles. The number of hydrogen-bond acceptors (Lipinski definition) is 2. The Bertz CT molecular complexity index is 2850. The van der Waals surface area contributed by atoms with Crippen molar-refractivity contribution in [3.63, 3.8) is 0 Å². The van der Waals surface area contributed by atoms with Gasteiger partial charge in [0.15, 0.2) is 18.0 Å². The number of quaternary nitrogens is 2. The Hall–Kier alpha value is -4.54. The summed E-state index contributed by atoms with van der Waals surface area (Å²) in [6, 6.07) is 43.6. The van der Waals surface area contributed by atoms with Gasteiger partial charge in [-0.15, -0.1) is 29.7 Å². The van der Waals surface area contributed by atoms with Crippen LogP contribution >= 0.6 is 0 Å². The predicted octanol–water partition coefficient (Wildman–Crippen LogP) is 14.4. The van der Waals surface area contributed by atoms with Crippen LogP contribution in [0.4, 0.5) is 22.7 Å². The van der Waals surface area contributed by atoms with Gasteiger partial charge in [-0.25, -0.2) is 4.98 Å². The van der Waals surface area contributed by atoms with Crippen LogP contribution in [0.2, 0.25) is 0 Å². The number of hydrogen-bond donors (Lipinski definition) is 0. The Balaban J connectivity index is 0.00000529. The molecule has 6 heteroatoms. The van der Waals surface area contributed by atoms with Crippen LogP contribution in [0.5, 0.6) is 11.5 Å². The van der Waals surface area contributed by atoms with Crippen LogP contribution in [-0.4, -0.2) is 16.2 Å². The van der Waals surface area contributed by atoms with E-state index in [-0.39, 0.29) is 37.3 Å². The zero-order chi connectivity index (χ0) is 43.7. The van der Waals surface area contributed by atoms with Gasteiger partial charge < -0.3 is 13.8 Å². The second-order valence-corrected chi connectivity index (χ2v) is 20.9. The first-order valence-electron chi connectivity index (χ1n) is 22.0. The number of pyridine rings is 1. The van der Waals surface area contributed by atoms with E-state index in [0.717, 1.165) is 55.9 Å². The van der Waals surface area contributed by atoms with Gasteiger partial charge in [0.1, 0.15) is 11.5 Å². The fourth-order valence-corrected chi connectivity index (χ4v) is 8.99. The molecule has 0 spiro atoms. The van der Waals surface area contributed by atoms with Crippen LogP contribution in [0, 0.1) is 24.2 Å². The third-order valence-corrected chi connectivity index (χ3v) is 12.1. The molecule has 10 rings (SSSR count). The van der Waals surface area contributed by atoms with E-state index in [2.05, 4.69) is 158 Å². The summed E-state index contributed by atoms with van der Waals surface area (Å²) < 4.78 is 29.1. The van der Waals surface area contributed by atoms with Crippen LogP contribution < -0.4 is 13.7 Å². The molecule has 0 saturated carbocycles. The van der Waals surface area contributed by atoms with Crippen LogP contribution in [0.3, 0.4) is 0 Å². The van der Waals surface area contributed by atoms with Crippen molar-refractivity contribution in [1.82, 2.24) is 18.5 Å². The monoisotopic (exact) mass is 976 g/mol. The van der Waals surface area contributed by atoms with Crippen molar-refractivity contribution in [3.8, 4) is 17.3 Å². The molecule has 60 heavy (non-hydrogen) atoms. The summed E-state index contributed by atoms with van der Waals surface area (Å²) in [5.74, 6) is 2.02. The van der Waals surface area contributed by atoms with E-state index in [1.165, 1.54) is 16.7 Å². The van der Waals surface area contributed by atoms with Crippen LogP contribution in [0.1, 0.15) is 108 Å². The summed E-state index contributed by atoms with van der Waals surface area (Å²) in [6.07, 6.45) is 0.287. The molecule has 3 aliphatic heterocycles. The summed E-state index contributed by atoms with van der Waals surface area (Å²) in [5.41, 5.74) is 9.83. The van der Waals surface area contributed by atoms with Gasteiger partial charge in [-0.2, -0.15) is 12.1 Å². The summed E-state index contributed by atoms with van der Waals surface area (Å²) in [4.78, 5) is 4.86. The SMILES string of the molecule is [2H]C([2H])(c1cccc2c1[N@@+]1(c3cc(C(C)(C)C)cc(C(C)(C)C)c3)[CH-][N@+]2(c2[c-]c(Oc3[c-]c4c(cc3)c3ccccc3n4-c3cc(C(C)(C)C)ccn3)ccc2)C1)C(C)(C)C.[Pt]. The van der Waals surface area contributed by atoms with E-state index >= 15 is 0 Å². The third kappa shape index (κ3) is 7.05. The molecular formula is C54H59N4OPt-. The number of rotatable bonds is 6. The van der Waals surface area contributed by atoms with Crippen molar-refractivity contribution in [3.05, 3.63) is 150 Å². The molecule has 5 aromatic carbocycles. The average molecular weight is 977 g/mol. The molecule has 2 atom stereocenters. The molecule has 5 heterocycles. The minimum atomic E-state index is -1.61. The summed E-state index contributed by atoms with van der Waals surface area (Å²) in [6.45, 7) is 29.4. The topological polar surface area (TPSA) is 27.1 Å². The zero-order valence-corrected chi connectivity index (χ0v) is 39.5. The number of para-hydroxylation sites is 2. The third-order valence-electron chi connectivity index (χ3n) is 12.1. The maximum Gasteiger partial charge on any atom is 0.184 e. The summed E-state index contributed by atoms with van der Waals surface area (Å²) >= 11 is 0. The maximum absolute atomic E-state index is 9.65. The fraction of sp³-hybridized carbons (Fsp3) is 0.333. The molecule has 1 fully saturated rings. The van der Waals surface area contributed by atoms with Crippen LogP contribution in [0.15, 0.2) is 109 Å². The molecular weight excluding hydrogens is 916 g/mol. The van der Waals surface area contributed by atoms with E-state index in [1.54, 1.807) is 0 Å². The molecule has 3 aliphatic rings. The van der Waals surface area contributed by atoms with Crippen molar-refractivity contribution >= 4 is 44.6 Å². The molecule has 312 valence electrons. The second-order valence-electron chi connectivity index (χ2n) is 20.9. The van der Waals surface area contributed by atoms with Crippen molar-refractivity contribution in [2.75, 3.05) is 6.67 Å². The molecule has 5 nitrogen and oxygen atoms in total. The molecule has 0 unspecified atom stereocenters. The average Bonchev–Trinajstić information content (AvgIpc) is 3.78. The summed E-state index contributed by atoms with van der Waals surface area (Å²) in [5, 5.41) is 2.21. The van der Waals surface area contributed by atoms with Gasteiger partial charge in [0, 0.05) is 76.5 Å². The molecule has 0 N–H and O–H groups in total. The minimum Gasteiger partial charge on any atom is -0.509 e. The zero-order valence-electron chi connectivity index (χ0n) is 39.2. The fourth-order valence-electron chi connectivity index (χ4n) is 8.99. The number of ether oxygens (including phenoxy) is 1. The first-order chi connectivity index (χ1) is 28.4. The van der Waals surface area contributed by atoms with E-state index in [1.807, 2.05) is 57.3 Å². The van der Waals surface area contributed by atoms with Gasteiger partial charge in [0.25, 0.3) is 0 Å². The Kier molecular flexibility index (Phi) is 9.41. The van der Waals surface area contributed by atoms with Gasteiger partial charge in [-0.1, -0.05) is 131 Å². The molecule has 1 saturated heterocycles. The standard InChI is InChI=1S/C54H59N4O.Pt/c1-51(2,3)33-36-17-15-22-48-50(36)58(41-28-38(53(7,8)9)27-39(29-41)54(10,11)12)34-57(48,35-58)40-18-16-19-42(31-40)59-43-23-24-45-44-20-13-14-21-46(44)56(47(45)32-43)49-30-37(25-26-55-49)52(4,5)6;/h13-30,34H,33,35H2,1-12H3;/q-1;/t57-,58+;/m1./s1/i33D2;. The van der Waals surface area contributed by atoms with Crippen molar-refractivity contribution < 1.29 is 28.5 Å². The van der Waals surface area contributed by atoms with Gasteiger partial charge >= 0.3 is 0 Å². The van der Waals surface area contributed by atoms with Gasteiger partial charge in [0.2, 0.25) is 0 Å². The Morgan fingerprint density at radius 2 is 1.33 bits per heavy atom. The first kappa shape index (κ1) is 39.6. The first-order valence-corrected chi connectivity index (χ1v) is 21.0. The largest absolute Gasteiger partial charge is 0.509 e. The number of benzene rings is 5. The smallest absolute Gasteiger partial charge is 0.184 e. The molecule has 0 amide bonds. The molecule has 2 aromatic heterocycles. The second kappa shape index (κ2) is 14.3. The normalized spacial score (nSPS) is 19.7. The van der Waals surface area contributed by atoms with E-state index in [4.69, 9.17) is 9.72 Å². The van der Waals surface area contributed by atoms with Gasteiger partial charge in [0.05, 0.1) is 6.67 Å². The molecule has 0 radical (unpaired) electrons. The Labute approximate surface area is 375 Å². The van der Waals surface area contributed by atoms with Crippen molar-refractivity contribution in [2.24, 2.45) is 5.41 Å². The molecule has 7 aromatic rings. The van der Waals surface area contributed by atoms with E-state index in [9.17, 15) is 2.74 Å². The number of fused-ring (bicyclic) bond motifs is 3. The molecule has 2 bridgehead atoms. The quantitative estimate of drug-likeness (QED) is 0.123. The van der Waals surface area contributed by atoms with Crippen LogP contribution in [-0.2, 0) is 43.7 Å². The van der Waals surface area contributed by atoms with E-state index < -0.39 is 11.8 Å². The summed E-state index contributed by atoms with van der Waals surface area (Å²) in [7, 11) is 0. The van der Waals surface area contributed by atoms with Crippen molar-refractivity contribution in [1.29, 1.82) is 0 Å². The Morgan fingerprint density at radius 3 is 2.00 bits per heavy atom. The number of aromatic nitrogens is 2. The van der Waals surface area contributed by atoms with Gasteiger partial charge in [-0.05, 0) is 68.3 Å². The van der Waals surface area contributed by atoms with Gasteiger partial charge in [-0.3, -0.25) is 4.48 Å². The van der Waals surface area contributed by atoms with Crippen LogP contribution in [0.25, 0.3) is 27.6 Å². The minimum absolute atomic E-state index is 0.